The predicted octanol–water partition coefficient (Wildman–Crippen LogP) is 11.0. The highest BCUT2D eigenvalue weighted by Crippen LogP contribution is 2.22. The number of aliphatic hydroxyl groups excluding tert-OH is 5. The number of ether oxygens (including phenoxy) is 3. The number of allylic oxidation sites excluding steroid dienone is 13. The first-order valence-electron chi connectivity index (χ1n) is 26.4. The topological polar surface area (TPSA) is 175 Å². The van der Waals surface area contributed by atoms with Gasteiger partial charge in [0, 0.05) is 12.8 Å². The molecule has 1 rings (SSSR count). The first-order valence-corrected chi connectivity index (χ1v) is 26.4. The lowest BCUT2D eigenvalue weighted by atomic mass is 9.99. The molecule has 0 bridgehead atoms. The highest BCUT2D eigenvalue weighted by Gasteiger charge is 2.44. The molecule has 0 aliphatic carbocycles. The van der Waals surface area contributed by atoms with Crippen molar-refractivity contribution in [2.75, 3.05) is 19.8 Å². The first kappa shape index (κ1) is 61.9. The van der Waals surface area contributed by atoms with Crippen LogP contribution < -0.4 is 5.32 Å². The number of hydrogen-bond acceptors (Lipinski definition) is 10. The van der Waals surface area contributed by atoms with Crippen LogP contribution in [0.5, 0.6) is 0 Å². The quantitative estimate of drug-likeness (QED) is 0.0149. The number of unbranched alkanes of at least 4 members (excludes halogenated alkanes) is 18. The summed E-state index contributed by atoms with van der Waals surface area (Å²) in [6.07, 6.45) is 49.6. The Balaban J connectivity index is 2.17. The Bertz CT molecular complexity index is 1390. The molecule has 1 aliphatic rings. The van der Waals surface area contributed by atoms with Crippen molar-refractivity contribution >= 4 is 11.9 Å². The Morgan fingerprint density at radius 2 is 1.10 bits per heavy atom. The molecule has 1 heterocycles. The van der Waals surface area contributed by atoms with Crippen LogP contribution >= 0.6 is 0 Å². The summed E-state index contributed by atoms with van der Waals surface area (Å²) >= 11 is 0. The van der Waals surface area contributed by atoms with Crippen molar-refractivity contribution in [1.82, 2.24) is 5.32 Å². The highest BCUT2D eigenvalue weighted by atomic mass is 16.7. The minimum Gasteiger partial charge on any atom is -0.466 e. The summed E-state index contributed by atoms with van der Waals surface area (Å²) in [7, 11) is 0. The van der Waals surface area contributed by atoms with Gasteiger partial charge < -0.3 is 45.1 Å². The Morgan fingerprint density at radius 3 is 1.72 bits per heavy atom. The van der Waals surface area contributed by atoms with Gasteiger partial charge in [-0.2, -0.15) is 0 Å². The van der Waals surface area contributed by atoms with E-state index in [1.165, 1.54) is 38.5 Å². The summed E-state index contributed by atoms with van der Waals surface area (Å²) in [4.78, 5) is 25.0. The Labute approximate surface area is 406 Å². The molecule has 67 heavy (non-hydrogen) atoms. The number of esters is 1. The lowest BCUT2D eigenvalue weighted by Crippen LogP contribution is -2.60. The average Bonchev–Trinajstić information content (AvgIpc) is 3.32. The smallest absolute Gasteiger partial charge is 0.305 e. The fraction of sp³-hybridized carbons (Fsp3) is 0.714. The van der Waals surface area contributed by atoms with Crippen LogP contribution in [0.3, 0.4) is 0 Å². The lowest BCUT2D eigenvalue weighted by Gasteiger charge is -2.40. The summed E-state index contributed by atoms with van der Waals surface area (Å²) < 4.78 is 16.6. The highest BCUT2D eigenvalue weighted by molar-refractivity contribution is 5.76. The van der Waals surface area contributed by atoms with Gasteiger partial charge in [-0.3, -0.25) is 9.59 Å². The Kier molecular flexibility index (Phi) is 41.8. The lowest BCUT2D eigenvalue weighted by molar-refractivity contribution is -0.302. The molecule has 384 valence electrons. The summed E-state index contributed by atoms with van der Waals surface area (Å²) in [5.74, 6) is -0.284. The number of nitrogens with one attached hydrogen (secondary N) is 1. The minimum atomic E-state index is -1.59. The van der Waals surface area contributed by atoms with E-state index in [0.717, 1.165) is 116 Å². The van der Waals surface area contributed by atoms with E-state index in [2.05, 4.69) is 92.1 Å². The van der Waals surface area contributed by atoms with E-state index in [-0.39, 0.29) is 18.5 Å². The molecule has 11 nitrogen and oxygen atoms in total. The zero-order valence-corrected chi connectivity index (χ0v) is 41.8. The van der Waals surface area contributed by atoms with Crippen molar-refractivity contribution in [3.63, 3.8) is 0 Å². The van der Waals surface area contributed by atoms with Gasteiger partial charge in [0.1, 0.15) is 24.4 Å². The molecule has 1 amide bonds. The molecule has 1 fully saturated rings. The van der Waals surface area contributed by atoms with E-state index < -0.39 is 49.5 Å². The molecule has 0 spiro atoms. The molecular formula is C56H95NO10. The third-order valence-electron chi connectivity index (χ3n) is 11.7. The summed E-state index contributed by atoms with van der Waals surface area (Å²) in [6.45, 7) is 4.04. The Hall–Kier alpha value is -3.16. The van der Waals surface area contributed by atoms with Gasteiger partial charge in [0.2, 0.25) is 5.91 Å². The van der Waals surface area contributed by atoms with Crippen LogP contribution in [0.15, 0.2) is 85.1 Å². The first-order chi connectivity index (χ1) is 32.7. The number of rotatable bonds is 43. The van der Waals surface area contributed by atoms with Crippen molar-refractivity contribution in [3.8, 4) is 0 Å². The van der Waals surface area contributed by atoms with Gasteiger partial charge in [0.25, 0.3) is 0 Å². The summed E-state index contributed by atoms with van der Waals surface area (Å²) in [5.41, 5.74) is 0. The van der Waals surface area contributed by atoms with Crippen LogP contribution in [-0.4, -0.2) is 100 Å². The van der Waals surface area contributed by atoms with Crippen molar-refractivity contribution in [2.24, 2.45) is 0 Å². The molecule has 0 aromatic heterocycles. The molecule has 0 radical (unpaired) electrons. The second-order valence-electron chi connectivity index (χ2n) is 17.8. The van der Waals surface area contributed by atoms with Crippen molar-refractivity contribution in [1.29, 1.82) is 0 Å². The number of aliphatic hydroxyl groups is 5. The fourth-order valence-corrected chi connectivity index (χ4v) is 7.48. The molecular weight excluding hydrogens is 847 g/mol. The zero-order chi connectivity index (χ0) is 48.8. The van der Waals surface area contributed by atoms with E-state index in [4.69, 9.17) is 14.2 Å². The average molecular weight is 942 g/mol. The monoisotopic (exact) mass is 942 g/mol. The molecule has 0 saturated carbocycles. The van der Waals surface area contributed by atoms with E-state index >= 15 is 0 Å². The van der Waals surface area contributed by atoms with Crippen LogP contribution in [0.1, 0.15) is 194 Å². The van der Waals surface area contributed by atoms with Crippen molar-refractivity contribution < 1.29 is 49.3 Å². The fourth-order valence-electron chi connectivity index (χ4n) is 7.48. The maximum absolute atomic E-state index is 13.0. The van der Waals surface area contributed by atoms with Crippen LogP contribution in [0.4, 0.5) is 0 Å². The van der Waals surface area contributed by atoms with E-state index in [1.54, 1.807) is 6.08 Å². The number of carbonyl (C=O) groups is 2. The Morgan fingerprint density at radius 1 is 0.582 bits per heavy atom. The third-order valence-corrected chi connectivity index (χ3v) is 11.7. The van der Waals surface area contributed by atoms with E-state index in [9.17, 15) is 35.1 Å². The molecule has 7 unspecified atom stereocenters. The maximum Gasteiger partial charge on any atom is 0.305 e. The maximum atomic E-state index is 13.0. The molecule has 0 aromatic carbocycles. The standard InChI is InChI=1S/C56H95NO10/c1-3-5-7-9-11-13-15-16-21-24-28-32-36-40-44-52(61)65-45-41-37-33-29-25-22-19-17-18-20-23-27-31-35-39-43-51(60)57-48(47-66-56-55(64)54(63)53(62)50(46-58)67-56)49(59)42-38-34-30-26-14-12-10-8-6-4-2/h6,8-9,11,14-17,19,22,25-26,38,42,48-50,53-56,58-59,62-64H,3-5,7,10,12-13,18,20-21,23-24,27-37,39-41,43-47H2,1-2H3,(H,57,60)/b8-6+,11-9-,16-15-,19-17-,25-22-,26-14+,42-38+. The number of amides is 1. The van der Waals surface area contributed by atoms with Crippen LogP contribution in [0, 0.1) is 0 Å². The zero-order valence-electron chi connectivity index (χ0n) is 41.8. The minimum absolute atomic E-state index is 0.0590. The van der Waals surface area contributed by atoms with Gasteiger partial charge in [-0.15, -0.1) is 0 Å². The SMILES string of the molecule is CC/C=C/CC/C=C/CC/C=C/C(O)C(COC1OC(CO)C(O)C(O)C1O)NC(=O)CCCCCCCC/C=C\C=C/CCCCCOC(=O)CCCCCCC/C=C\C/C=C\CCCC. The van der Waals surface area contributed by atoms with Crippen LogP contribution in [0.2, 0.25) is 0 Å². The summed E-state index contributed by atoms with van der Waals surface area (Å²) in [5, 5.41) is 54.1. The van der Waals surface area contributed by atoms with Crippen molar-refractivity contribution in [2.45, 2.75) is 236 Å². The number of carbonyl (C=O) groups excluding carboxylic acids is 2. The second kappa shape index (κ2) is 45.3. The largest absolute Gasteiger partial charge is 0.466 e. The van der Waals surface area contributed by atoms with Gasteiger partial charge >= 0.3 is 5.97 Å². The van der Waals surface area contributed by atoms with E-state index in [1.807, 2.05) is 6.08 Å². The van der Waals surface area contributed by atoms with E-state index in [0.29, 0.717) is 32.3 Å². The van der Waals surface area contributed by atoms with Crippen LogP contribution in [-0.2, 0) is 23.8 Å². The van der Waals surface area contributed by atoms with Gasteiger partial charge in [-0.05, 0) is 109 Å². The molecule has 0 aromatic rings. The van der Waals surface area contributed by atoms with Gasteiger partial charge in [0.05, 0.1) is 32.0 Å². The molecule has 6 N–H and O–H groups in total. The molecule has 1 saturated heterocycles. The molecule has 7 atom stereocenters. The second-order valence-corrected chi connectivity index (χ2v) is 17.8. The molecule has 1 aliphatic heterocycles. The predicted molar refractivity (Wildman–Crippen MR) is 273 cm³/mol. The summed E-state index contributed by atoms with van der Waals surface area (Å²) in [6, 6.07) is -0.853. The number of hydrogen-bond donors (Lipinski definition) is 6. The molecule has 11 heteroatoms. The van der Waals surface area contributed by atoms with Gasteiger partial charge in [-0.25, -0.2) is 0 Å². The van der Waals surface area contributed by atoms with Crippen molar-refractivity contribution in [3.05, 3.63) is 85.1 Å². The normalized spacial score (nSPS) is 20.3. The van der Waals surface area contributed by atoms with Crippen LogP contribution in [0.25, 0.3) is 0 Å². The third kappa shape index (κ3) is 35.6. The van der Waals surface area contributed by atoms with Gasteiger partial charge in [0.15, 0.2) is 6.29 Å². The van der Waals surface area contributed by atoms with Gasteiger partial charge in [-0.1, -0.05) is 157 Å².